The van der Waals surface area contributed by atoms with Crippen molar-refractivity contribution in [1.29, 1.82) is 0 Å². The molecule has 0 aliphatic carbocycles. The van der Waals surface area contributed by atoms with Crippen LogP contribution in [-0.4, -0.2) is 48.6 Å². The van der Waals surface area contributed by atoms with Crippen LogP contribution in [-0.2, 0) is 9.53 Å². The smallest absolute Gasteiger partial charge is 0.328 e. The Labute approximate surface area is 150 Å². The minimum atomic E-state index is -0.455. The van der Waals surface area contributed by atoms with E-state index in [1.165, 1.54) is 0 Å². The summed E-state index contributed by atoms with van der Waals surface area (Å²) in [5, 5.41) is 0. The first-order valence-electron chi connectivity index (χ1n) is 9.33. The molecule has 1 unspecified atom stereocenters. The molecule has 1 atom stereocenters. The molecule has 0 saturated carbocycles. The van der Waals surface area contributed by atoms with Gasteiger partial charge in [-0.25, -0.2) is 4.79 Å². The van der Waals surface area contributed by atoms with Gasteiger partial charge < -0.3 is 14.5 Å². The summed E-state index contributed by atoms with van der Waals surface area (Å²) in [4.78, 5) is 29.0. The van der Waals surface area contributed by atoms with E-state index in [2.05, 4.69) is 25.7 Å². The van der Waals surface area contributed by atoms with Crippen molar-refractivity contribution in [3.8, 4) is 0 Å². The van der Waals surface area contributed by atoms with E-state index in [0.29, 0.717) is 31.2 Å². The first-order valence-corrected chi connectivity index (χ1v) is 9.33. The molecule has 5 heteroatoms. The number of rotatable bonds is 6. The van der Waals surface area contributed by atoms with Crippen LogP contribution >= 0.6 is 0 Å². The van der Waals surface area contributed by atoms with Crippen molar-refractivity contribution in [3.63, 3.8) is 0 Å². The summed E-state index contributed by atoms with van der Waals surface area (Å²) in [5.41, 5.74) is 1.73. The predicted octanol–water partition coefficient (Wildman–Crippen LogP) is 3.48. The Bertz CT molecular complexity index is 583. The van der Waals surface area contributed by atoms with Crippen LogP contribution in [0.15, 0.2) is 24.3 Å². The highest BCUT2D eigenvalue weighted by Gasteiger charge is 2.33. The maximum absolute atomic E-state index is 12.9. The van der Waals surface area contributed by atoms with Gasteiger partial charge in [-0.1, -0.05) is 0 Å². The van der Waals surface area contributed by atoms with Gasteiger partial charge in [0.15, 0.2) is 0 Å². The molecular formula is C20H30N2O3. The molecular weight excluding hydrogens is 316 g/mol. The van der Waals surface area contributed by atoms with Gasteiger partial charge >= 0.3 is 5.97 Å². The number of hydrogen-bond acceptors (Lipinski definition) is 4. The van der Waals surface area contributed by atoms with Crippen LogP contribution in [0.2, 0.25) is 0 Å². The largest absolute Gasteiger partial charge is 0.464 e. The molecule has 0 radical (unpaired) electrons. The van der Waals surface area contributed by atoms with Crippen LogP contribution in [0.5, 0.6) is 0 Å². The van der Waals surface area contributed by atoms with Gasteiger partial charge in [-0.2, -0.15) is 0 Å². The fraction of sp³-hybridized carbons (Fsp3) is 0.600. The van der Waals surface area contributed by atoms with Crippen molar-refractivity contribution in [1.82, 2.24) is 4.90 Å². The normalized spacial score (nSPS) is 17.5. The topological polar surface area (TPSA) is 49.9 Å². The molecule has 0 spiro atoms. The number of benzene rings is 1. The summed E-state index contributed by atoms with van der Waals surface area (Å²) in [6.45, 7) is 10.1. The number of carbonyl (C=O) groups is 2. The SMILES string of the molecule is CCOC(=O)C1CCCCN1C(=O)c1ccc(N(CC)C(C)C)cc1. The maximum atomic E-state index is 12.9. The Morgan fingerprint density at radius 1 is 1.20 bits per heavy atom. The number of nitrogens with zero attached hydrogens (tertiary/aromatic N) is 2. The average Bonchev–Trinajstić information content (AvgIpc) is 2.62. The lowest BCUT2D eigenvalue weighted by Crippen LogP contribution is -2.48. The molecule has 25 heavy (non-hydrogen) atoms. The van der Waals surface area contributed by atoms with Crippen LogP contribution in [0, 0.1) is 0 Å². The Kier molecular flexibility index (Phi) is 6.85. The third-order valence-electron chi connectivity index (χ3n) is 4.73. The number of ether oxygens (including phenoxy) is 1. The number of esters is 1. The van der Waals surface area contributed by atoms with Crippen molar-refractivity contribution in [2.45, 2.75) is 59.0 Å². The summed E-state index contributed by atoms with van der Waals surface area (Å²) >= 11 is 0. The van der Waals surface area contributed by atoms with E-state index in [1.54, 1.807) is 11.8 Å². The van der Waals surface area contributed by atoms with Gasteiger partial charge in [0.1, 0.15) is 6.04 Å². The number of anilines is 1. The summed E-state index contributed by atoms with van der Waals surface area (Å²) in [5.74, 6) is -0.374. The molecule has 1 aliphatic rings. The zero-order valence-corrected chi connectivity index (χ0v) is 15.8. The van der Waals surface area contributed by atoms with Gasteiger partial charge in [-0.15, -0.1) is 0 Å². The number of hydrogen-bond donors (Lipinski definition) is 0. The van der Waals surface area contributed by atoms with Gasteiger partial charge in [0, 0.05) is 30.4 Å². The van der Waals surface area contributed by atoms with E-state index in [1.807, 2.05) is 24.3 Å². The van der Waals surface area contributed by atoms with Crippen molar-refractivity contribution < 1.29 is 14.3 Å². The first kappa shape index (κ1) is 19.3. The molecule has 0 aromatic heterocycles. The monoisotopic (exact) mass is 346 g/mol. The molecule has 1 aliphatic heterocycles. The van der Waals surface area contributed by atoms with Crippen LogP contribution in [0.3, 0.4) is 0 Å². The Morgan fingerprint density at radius 2 is 1.88 bits per heavy atom. The van der Waals surface area contributed by atoms with E-state index >= 15 is 0 Å². The van der Waals surface area contributed by atoms with Gasteiger partial charge in [-0.3, -0.25) is 4.79 Å². The molecule has 0 N–H and O–H groups in total. The third kappa shape index (κ3) is 4.53. The Morgan fingerprint density at radius 3 is 2.44 bits per heavy atom. The van der Waals surface area contributed by atoms with E-state index in [9.17, 15) is 9.59 Å². The van der Waals surface area contributed by atoms with Gasteiger partial charge in [0.25, 0.3) is 5.91 Å². The standard InChI is InChI=1S/C20H30N2O3/c1-5-21(15(3)4)17-12-10-16(11-13-17)19(23)22-14-8-7-9-18(22)20(24)25-6-2/h10-13,15,18H,5-9,14H2,1-4H3. The second-order valence-electron chi connectivity index (χ2n) is 6.69. The fourth-order valence-electron chi connectivity index (χ4n) is 3.47. The Balaban J connectivity index is 2.16. The van der Waals surface area contributed by atoms with Gasteiger partial charge in [0.2, 0.25) is 0 Å². The van der Waals surface area contributed by atoms with E-state index < -0.39 is 6.04 Å². The maximum Gasteiger partial charge on any atom is 0.328 e. The van der Waals surface area contributed by atoms with Crippen LogP contribution in [0.1, 0.15) is 57.3 Å². The fourth-order valence-corrected chi connectivity index (χ4v) is 3.47. The van der Waals surface area contributed by atoms with E-state index in [0.717, 1.165) is 25.1 Å². The minimum absolute atomic E-state index is 0.0862. The van der Waals surface area contributed by atoms with Gasteiger partial charge in [0.05, 0.1) is 6.61 Å². The third-order valence-corrected chi connectivity index (χ3v) is 4.73. The summed E-state index contributed by atoms with van der Waals surface area (Å²) in [6.07, 6.45) is 2.56. The molecule has 1 amide bonds. The number of carbonyl (C=O) groups excluding carboxylic acids is 2. The second-order valence-corrected chi connectivity index (χ2v) is 6.69. The van der Waals surface area contributed by atoms with Crippen LogP contribution in [0.25, 0.3) is 0 Å². The van der Waals surface area contributed by atoms with E-state index in [-0.39, 0.29) is 11.9 Å². The highest BCUT2D eigenvalue weighted by molar-refractivity contribution is 5.97. The molecule has 5 nitrogen and oxygen atoms in total. The molecule has 0 bridgehead atoms. The quantitative estimate of drug-likeness (QED) is 0.740. The number of amides is 1. The van der Waals surface area contributed by atoms with E-state index in [4.69, 9.17) is 4.74 Å². The molecule has 1 heterocycles. The van der Waals surface area contributed by atoms with Crippen molar-refractivity contribution in [3.05, 3.63) is 29.8 Å². The first-order chi connectivity index (χ1) is 12.0. The number of likely N-dealkylation sites (tertiary alicyclic amines) is 1. The second kappa shape index (κ2) is 8.88. The molecule has 2 rings (SSSR count). The highest BCUT2D eigenvalue weighted by Crippen LogP contribution is 2.23. The lowest BCUT2D eigenvalue weighted by molar-refractivity contribution is -0.149. The Hall–Kier alpha value is -2.04. The molecule has 1 saturated heterocycles. The van der Waals surface area contributed by atoms with Crippen LogP contribution in [0.4, 0.5) is 5.69 Å². The highest BCUT2D eigenvalue weighted by atomic mass is 16.5. The van der Waals surface area contributed by atoms with Gasteiger partial charge in [-0.05, 0) is 71.2 Å². The zero-order chi connectivity index (χ0) is 18.4. The van der Waals surface area contributed by atoms with Crippen LogP contribution < -0.4 is 4.90 Å². The molecule has 1 aromatic rings. The minimum Gasteiger partial charge on any atom is -0.464 e. The van der Waals surface area contributed by atoms with Crippen molar-refractivity contribution in [2.24, 2.45) is 0 Å². The summed E-state index contributed by atoms with van der Waals surface area (Å²) in [7, 11) is 0. The number of piperidine rings is 1. The predicted molar refractivity (Wildman–Crippen MR) is 99.9 cm³/mol. The lowest BCUT2D eigenvalue weighted by Gasteiger charge is -2.34. The molecule has 138 valence electrons. The lowest BCUT2D eigenvalue weighted by atomic mass is 10.0. The zero-order valence-electron chi connectivity index (χ0n) is 15.8. The average molecular weight is 346 g/mol. The summed E-state index contributed by atoms with van der Waals surface area (Å²) < 4.78 is 5.15. The molecule has 1 aromatic carbocycles. The van der Waals surface area contributed by atoms with Crippen molar-refractivity contribution in [2.75, 3.05) is 24.6 Å². The van der Waals surface area contributed by atoms with Crippen molar-refractivity contribution >= 4 is 17.6 Å². The molecule has 1 fully saturated rings. The summed E-state index contributed by atoms with van der Waals surface area (Å²) in [6, 6.07) is 7.64.